The first-order chi connectivity index (χ1) is 18.8. The Labute approximate surface area is 227 Å². The fraction of sp³-hybridized carbons (Fsp3) is 0.393. The predicted octanol–water partition coefficient (Wildman–Crippen LogP) is 3.82. The molecule has 2 aliphatic heterocycles. The van der Waals surface area contributed by atoms with Gasteiger partial charge in [-0.15, -0.1) is 0 Å². The smallest absolute Gasteiger partial charge is 0.408 e. The number of fused-ring (bicyclic) bond motifs is 5. The summed E-state index contributed by atoms with van der Waals surface area (Å²) in [6.45, 7) is 5.96. The molecule has 1 amide bonds. The van der Waals surface area contributed by atoms with Crippen molar-refractivity contribution in [1.82, 2.24) is 14.9 Å². The number of benzene rings is 1. The molecule has 0 unspecified atom stereocenters. The van der Waals surface area contributed by atoms with Crippen molar-refractivity contribution >= 4 is 28.9 Å². The minimum atomic E-state index is -1.57. The van der Waals surface area contributed by atoms with Crippen LogP contribution in [0.4, 0.5) is 13.6 Å². The van der Waals surface area contributed by atoms with Crippen molar-refractivity contribution in [3.8, 4) is 11.4 Å². The average molecular weight is 556 g/mol. The summed E-state index contributed by atoms with van der Waals surface area (Å²) < 4.78 is 45.5. The van der Waals surface area contributed by atoms with Crippen molar-refractivity contribution in [3.63, 3.8) is 0 Å². The van der Waals surface area contributed by atoms with E-state index in [0.717, 1.165) is 12.1 Å². The van der Waals surface area contributed by atoms with E-state index in [1.54, 1.807) is 39.8 Å². The molecule has 1 aromatic carbocycles. The van der Waals surface area contributed by atoms with E-state index in [4.69, 9.17) is 14.2 Å². The maximum atomic E-state index is 13.9. The summed E-state index contributed by atoms with van der Waals surface area (Å²) >= 11 is 0. The van der Waals surface area contributed by atoms with E-state index in [0.29, 0.717) is 22.3 Å². The maximum Gasteiger partial charge on any atom is 0.408 e. The Bertz CT molecular complexity index is 1640. The second-order valence-corrected chi connectivity index (χ2v) is 10.8. The van der Waals surface area contributed by atoms with Crippen molar-refractivity contribution in [3.05, 3.63) is 62.9 Å². The summed E-state index contributed by atoms with van der Waals surface area (Å²) in [5.41, 5.74) is -0.816. The van der Waals surface area contributed by atoms with E-state index in [-0.39, 0.29) is 42.6 Å². The molecule has 0 aliphatic carbocycles. The molecular formula is C28H27F2N3O7. The van der Waals surface area contributed by atoms with Gasteiger partial charge in [0.2, 0.25) is 0 Å². The number of alkyl carbamates (subject to hydrolysis) is 1. The summed E-state index contributed by atoms with van der Waals surface area (Å²) in [4.78, 5) is 55.7. The number of nitrogens with one attached hydrogen (secondary N) is 1. The van der Waals surface area contributed by atoms with Crippen LogP contribution in [0.15, 0.2) is 29.1 Å². The van der Waals surface area contributed by atoms with Gasteiger partial charge < -0.3 is 24.1 Å². The fourth-order valence-corrected chi connectivity index (χ4v) is 5.04. The summed E-state index contributed by atoms with van der Waals surface area (Å²) in [7, 11) is 0. The maximum absolute atomic E-state index is 13.9. The van der Waals surface area contributed by atoms with Crippen molar-refractivity contribution in [2.75, 3.05) is 6.54 Å². The van der Waals surface area contributed by atoms with Crippen LogP contribution in [0, 0.1) is 11.6 Å². The third-order valence-corrected chi connectivity index (χ3v) is 6.86. The lowest BCUT2D eigenvalue weighted by Gasteiger charge is -2.32. The first-order valence-corrected chi connectivity index (χ1v) is 12.7. The minimum absolute atomic E-state index is 0.110. The number of cyclic esters (lactones) is 1. The largest absolute Gasteiger partial charge is 0.460 e. The predicted molar refractivity (Wildman–Crippen MR) is 137 cm³/mol. The van der Waals surface area contributed by atoms with Gasteiger partial charge in [-0.1, -0.05) is 6.92 Å². The van der Waals surface area contributed by atoms with Crippen molar-refractivity contribution < 1.29 is 37.4 Å². The van der Waals surface area contributed by atoms with Crippen LogP contribution < -0.4 is 10.9 Å². The number of nitrogens with zero attached hydrogens (tertiary/aromatic N) is 2. The van der Waals surface area contributed by atoms with Crippen LogP contribution in [0.25, 0.3) is 22.3 Å². The number of amides is 1. The highest BCUT2D eigenvalue weighted by molar-refractivity contribution is 5.84. The Morgan fingerprint density at radius 3 is 2.58 bits per heavy atom. The molecule has 1 N–H and O–H groups in total. The van der Waals surface area contributed by atoms with Gasteiger partial charge in [0.25, 0.3) is 5.56 Å². The van der Waals surface area contributed by atoms with Crippen molar-refractivity contribution in [2.24, 2.45) is 0 Å². The van der Waals surface area contributed by atoms with Crippen LogP contribution in [-0.2, 0) is 42.6 Å². The molecule has 0 spiro atoms. The van der Waals surface area contributed by atoms with Gasteiger partial charge in [-0.05, 0) is 45.4 Å². The summed E-state index contributed by atoms with van der Waals surface area (Å²) in [6.07, 6.45) is -1.07. The Morgan fingerprint density at radius 1 is 1.15 bits per heavy atom. The van der Waals surface area contributed by atoms with E-state index >= 15 is 0 Å². The van der Waals surface area contributed by atoms with Gasteiger partial charge in [-0.25, -0.2) is 18.6 Å². The average Bonchev–Trinajstić information content (AvgIpc) is 3.15. The minimum Gasteiger partial charge on any atom is -0.460 e. The van der Waals surface area contributed by atoms with Crippen LogP contribution in [0.1, 0.15) is 57.2 Å². The van der Waals surface area contributed by atoms with Gasteiger partial charge in [0.1, 0.15) is 24.4 Å². The van der Waals surface area contributed by atoms with Crippen LogP contribution in [0.3, 0.4) is 0 Å². The number of aromatic nitrogens is 2. The number of carbonyl (C=O) groups excluding carboxylic acids is 3. The van der Waals surface area contributed by atoms with Gasteiger partial charge in [0, 0.05) is 22.6 Å². The number of hydrogen-bond acceptors (Lipinski definition) is 8. The molecule has 1 atom stereocenters. The summed E-state index contributed by atoms with van der Waals surface area (Å²) in [5.74, 6) is -3.58. The van der Waals surface area contributed by atoms with Crippen molar-refractivity contribution in [2.45, 2.75) is 64.9 Å². The SMILES string of the molecule is CC[C@]1(OC(=O)CNC(=O)OC(C)(C)C)CC(=O)OCc2c1cc1n(c2=O)Cc2cc3cc(F)c(F)cc3nc2-1. The molecule has 2 aliphatic rings. The third-order valence-electron chi connectivity index (χ3n) is 6.86. The molecule has 3 aromatic rings. The molecule has 12 heteroatoms. The Morgan fingerprint density at radius 2 is 1.88 bits per heavy atom. The molecule has 4 heterocycles. The molecule has 5 rings (SSSR count). The molecule has 0 saturated carbocycles. The highest BCUT2D eigenvalue weighted by Gasteiger charge is 2.44. The van der Waals surface area contributed by atoms with E-state index in [1.165, 1.54) is 4.57 Å². The topological polar surface area (TPSA) is 126 Å². The number of esters is 2. The van der Waals surface area contributed by atoms with E-state index in [9.17, 15) is 28.0 Å². The summed E-state index contributed by atoms with van der Waals surface area (Å²) in [6, 6.07) is 5.30. The number of ether oxygens (including phenoxy) is 3. The quantitative estimate of drug-likeness (QED) is 0.298. The molecule has 0 saturated heterocycles. The highest BCUT2D eigenvalue weighted by atomic mass is 19.2. The number of carbonyl (C=O) groups is 3. The van der Waals surface area contributed by atoms with Crippen LogP contribution in [0.5, 0.6) is 0 Å². The van der Waals surface area contributed by atoms with Crippen LogP contribution in [0.2, 0.25) is 0 Å². The number of hydrogen-bond donors (Lipinski definition) is 1. The van der Waals surface area contributed by atoms with Crippen molar-refractivity contribution in [1.29, 1.82) is 0 Å². The number of pyridine rings is 2. The third kappa shape index (κ3) is 4.89. The van der Waals surface area contributed by atoms with Crippen LogP contribution in [-0.4, -0.2) is 39.7 Å². The molecule has 210 valence electrons. The number of rotatable bonds is 4. The Balaban J connectivity index is 1.56. The molecular weight excluding hydrogens is 528 g/mol. The van der Waals surface area contributed by atoms with E-state index in [1.807, 2.05) is 0 Å². The molecule has 0 bridgehead atoms. The molecule has 40 heavy (non-hydrogen) atoms. The van der Waals surface area contributed by atoms with E-state index in [2.05, 4.69) is 10.3 Å². The van der Waals surface area contributed by atoms with Gasteiger partial charge in [-0.2, -0.15) is 0 Å². The van der Waals surface area contributed by atoms with Gasteiger partial charge in [0.05, 0.1) is 35.4 Å². The lowest BCUT2D eigenvalue weighted by Crippen LogP contribution is -2.41. The monoisotopic (exact) mass is 555 g/mol. The Hall–Kier alpha value is -4.35. The fourth-order valence-electron chi connectivity index (χ4n) is 5.04. The van der Waals surface area contributed by atoms with E-state index < -0.39 is 53.0 Å². The second kappa shape index (κ2) is 9.68. The zero-order valence-electron chi connectivity index (χ0n) is 22.4. The first kappa shape index (κ1) is 27.2. The lowest BCUT2D eigenvalue weighted by atomic mass is 9.85. The number of halogens is 2. The summed E-state index contributed by atoms with van der Waals surface area (Å²) in [5, 5.41) is 2.71. The van der Waals surface area contributed by atoms with Gasteiger partial charge >= 0.3 is 18.0 Å². The second-order valence-electron chi connectivity index (χ2n) is 10.8. The first-order valence-electron chi connectivity index (χ1n) is 12.7. The lowest BCUT2D eigenvalue weighted by molar-refractivity contribution is -0.166. The highest BCUT2D eigenvalue weighted by Crippen LogP contribution is 2.41. The zero-order chi connectivity index (χ0) is 29.0. The standard InChI is InChI=1S/C28H27F2N3O7/c1-5-28(39-23(35)11-31-26(37)40-27(2,3)4)10-22(34)38-13-16-17(28)8-21-24-15(12-33(21)25(16)36)6-14-7-18(29)19(30)9-20(14)32-24/h6-9H,5,10-13H2,1-4H3,(H,31,37)/t28-/m0/s1. The molecule has 2 aromatic heterocycles. The molecule has 0 fully saturated rings. The normalized spacial score (nSPS) is 17.8. The van der Waals surface area contributed by atoms with Gasteiger partial charge in [0.15, 0.2) is 11.6 Å². The zero-order valence-corrected chi connectivity index (χ0v) is 22.4. The molecule has 0 radical (unpaired) electrons. The van der Waals surface area contributed by atoms with Crippen LogP contribution >= 0.6 is 0 Å². The Kier molecular flexibility index (Phi) is 6.59. The van der Waals surface area contributed by atoms with Gasteiger partial charge in [-0.3, -0.25) is 14.4 Å². The molecule has 10 nitrogen and oxygen atoms in total.